The average Bonchev–Trinajstić information content (AvgIpc) is 2.82. The highest BCUT2D eigenvalue weighted by Crippen LogP contribution is 2.40. The van der Waals surface area contributed by atoms with Gasteiger partial charge in [0.1, 0.15) is 11.6 Å². The first-order valence-corrected chi connectivity index (χ1v) is 4.59. The van der Waals surface area contributed by atoms with Crippen molar-refractivity contribution >= 4 is 5.78 Å². The SMILES string of the molecule is CC1CC1C(=O)c1c(F)cccc1F. The molecule has 1 aromatic carbocycles. The zero-order valence-corrected chi connectivity index (χ0v) is 7.76. The average molecular weight is 196 g/mol. The molecule has 74 valence electrons. The van der Waals surface area contributed by atoms with E-state index in [9.17, 15) is 13.6 Å². The molecule has 1 aromatic rings. The molecule has 2 atom stereocenters. The number of ketones is 1. The molecule has 1 saturated carbocycles. The molecule has 0 bridgehead atoms. The smallest absolute Gasteiger partial charge is 0.172 e. The predicted octanol–water partition coefficient (Wildman–Crippen LogP) is 2.80. The lowest BCUT2D eigenvalue weighted by atomic mass is 10.1. The lowest BCUT2D eigenvalue weighted by molar-refractivity contribution is 0.0954. The first-order chi connectivity index (χ1) is 6.61. The summed E-state index contributed by atoms with van der Waals surface area (Å²) in [6.45, 7) is 1.90. The van der Waals surface area contributed by atoms with Crippen molar-refractivity contribution in [1.29, 1.82) is 0 Å². The van der Waals surface area contributed by atoms with E-state index in [0.29, 0.717) is 0 Å². The summed E-state index contributed by atoms with van der Waals surface area (Å²) in [6, 6.07) is 3.49. The number of hydrogen-bond donors (Lipinski definition) is 0. The lowest BCUT2D eigenvalue weighted by Gasteiger charge is -2.02. The molecule has 0 amide bonds. The van der Waals surface area contributed by atoms with E-state index in [0.717, 1.165) is 18.6 Å². The molecule has 0 radical (unpaired) electrons. The maximum absolute atomic E-state index is 13.2. The number of benzene rings is 1. The van der Waals surface area contributed by atoms with Crippen LogP contribution in [0.1, 0.15) is 23.7 Å². The zero-order valence-electron chi connectivity index (χ0n) is 7.76. The molecule has 0 N–H and O–H groups in total. The molecule has 1 aliphatic rings. The Balaban J connectivity index is 2.36. The van der Waals surface area contributed by atoms with Crippen LogP contribution in [0.4, 0.5) is 8.78 Å². The van der Waals surface area contributed by atoms with E-state index in [1.807, 2.05) is 6.92 Å². The molecule has 1 fully saturated rings. The Labute approximate surface area is 80.7 Å². The molecule has 0 spiro atoms. The van der Waals surface area contributed by atoms with E-state index in [4.69, 9.17) is 0 Å². The molecule has 0 saturated heterocycles. The number of halogens is 2. The summed E-state index contributed by atoms with van der Waals surface area (Å²) in [4.78, 5) is 11.6. The largest absolute Gasteiger partial charge is 0.294 e. The van der Waals surface area contributed by atoms with E-state index in [-0.39, 0.29) is 17.4 Å². The fourth-order valence-electron chi connectivity index (χ4n) is 1.61. The van der Waals surface area contributed by atoms with Crippen LogP contribution in [0, 0.1) is 23.5 Å². The van der Waals surface area contributed by atoms with Gasteiger partial charge in [-0.3, -0.25) is 4.79 Å². The quantitative estimate of drug-likeness (QED) is 0.665. The summed E-state index contributed by atoms with van der Waals surface area (Å²) >= 11 is 0. The molecular weight excluding hydrogens is 186 g/mol. The van der Waals surface area contributed by atoms with Crippen molar-refractivity contribution in [3.63, 3.8) is 0 Å². The third-order valence-corrected chi connectivity index (χ3v) is 2.66. The Kier molecular flexibility index (Phi) is 2.10. The molecule has 0 heterocycles. The second kappa shape index (κ2) is 3.15. The minimum absolute atomic E-state index is 0.179. The highest BCUT2D eigenvalue weighted by atomic mass is 19.1. The van der Waals surface area contributed by atoms with Crippen molar-refractivity contribution in [2.24, 2.45) is 11.8 Å². The fourth-order valence-corrected chi connectivity index (χ4v) is 1.61. The van der Waals surface area contributed by atoms with E-state index in [1.165, 1.54) is 6.07 Å². The Morgan fingerprint density at radius 1 is 1.36 bits per heavy atom. The lowest BCUT2D eigenvalue weighted by Crippen LogP contribution is -2.08. The Morgan fingerprint density at radius 3 is 2.29 bits per heavy atom. The summed E-state index contributed by atoms with van der Waals surface area (Å²) in [6.07, 6.45) is 0.743. The van der Waals surface area contributed by atoms with E-state index in [2.05, 4.69) is 0 Å². The number of rotatable bonds is 2. The minimum Gasteiger partial charge on any atom is -0.294 e. The van der Waals surface area contributed by atoms with Crippen LogP contribution in [0.15, 0.2) is 18.2 Å². The van der Waals surface area contributed by atoms with Gasteiger partial charge in [-0.2, -0.15) is 0 Å². The van der Waals surface area contributed by atoms with Gasteiger partial charge >= 0.3 is 0 Å². The van der Waals surface area contributed by atoms with Gasteiger partial charge in [-0.05, 0) is 24.5 Å². The van der Waals surface area contributed by atoms with Gasteiger partial charge in [0.05, 0.1) is 5.56 Å². The van der Waals surface area contributed by atoms with Gasteiger partial charge in [0.15, 0.2) is 5.78 Å². The maximum Gasteiger partial charge on any atom is 0.172 e. The molecule has 1 nitrogen and oxygen atoms in total. The van der Waals surface area contributed by atoms with Crippen molar-refractivity contribution in [3.8, 4) is 0 Å². The Hall–Kier alpha value is -1.25. The molecule has 0 aliphatic heterocycles. The van der Waals surface area contributed by atoms with Crippen LogP contribution in [0.5, 0.6) is 0 Å². The van der Waals surface area contributed by atoms with Gasteiger partial charge < -0.3 is 0 Å². The molecule has 0 aromatic heterocycles. The van der Waals surface area contributed by atoms with Crippen molar-refractivity contribution < 1.29 is 13.6 Å². The Bertz CT molecular complexity index is 367. The van der Waals surface area contributed by atoms with Crippen molar-refractivity contribution in [3.05, 3.63) is 35.4 Å². The molecule has 2 unspecified atom stereocenters. The van der Waals surface area contributed by atoms with Gasteiger partial charge in [-0.25, -0.2) is 8.78 Å². The number of Topliss-reactive ketones (excluding diaryl/α,β-unsaturated/α-hetero) is 1. The second-order valence-corrected chi connectivity index (χ2v) is 3.78. The van der Waals surface area contributed by atoms with Gasteiger partial charge in [-0.15, -0.1) is 0 Å². The van der Waals surface area contributed by atoms with Crippen molar-refractivity contribution in [2.45, 2.75) is 13.3 Å². The third-order valence-electron chi connectivity index (χ3n) is 2.66. The van der Waals surface area contributed by atoms with Crippen LogP contribution < -0.4 is 0 Å². The fraction of sp³-hybridized carbons (Fsp3) is 0.364. The van der Waals surface area contributed by atoms with Crippen molar-refractivity contribution in [1.82, 2.24) is 0 Å². The monoisotopic (exact) mass is 196 g/mol. The summed E-state index contributed by atoms with van der Waals surface area (Å²) in [5, 5.41) is 0. The third kappa shape index (κ3) is 1.43. The summed E-state index contributed by atoms with van der Waals surface area (Å²) < 4.78 is 26.3. The topological polar surface area (TPSA) is 17.1 Å². The number of carbonyl (C=O) groups excluding carboxylic acids is 1. The predicted molar refractivity (Wildman–Crippen MR) is 48.0 cm³/mol. The minimum atomic E-state index is -0.755. The van der Waals surface area contributed by atoms with Gasteiger partial charge in [0.2, 0.25) is 0 Å². The molecule has 1 aliphatic carbocycles. The zero-order chi connectivity index (χ0) is 10.3. The first-order valence-electron chi connectivity index (χ1n) is 4.59. The van der Waals surface area contributed by atoms with Crippen molar-refractivity contribution in [2.75, 3.05) is 0 Å². The summed E-state index contributed by atoms with van der Waals surface area (Å²) in [7, 11) is 0. The highest BCUT2D eigenvalue weighted by molar-refractivity contribution is 6.00. The van der Waals surface area contributed by atoms with Crippen LogP contribution in [0.2, 0.25) is 0 Å². The van der Waals surface area contributed by atoms with E-state index < -0.39 is 17.4 Å². The molecule has 3 heteroatoms. The van der Waals surface area contributed by atoms with Crippen LogP contribution in [0.25, 0.3) is 0 Å². The second-order valence-electron chi connectivity index (χ2n) is 3.78. The highest BCUT2D eigenvalue weighted by Gasteiger charge is 2.41. The maximum atomic E-state index is 13.2. The number of carbonyl (C=O) groups is 1. The summed E-state index contributed by atoms with van der Waals surface area (Å²) in [5.41, 5.74) is -0.373. The summed E-state index contributed by atoms with van der Waals surface area (Å²) in [5.74, 6) is -1.82. The Morgan fingerprint density at radius 2 is 1.86 bits per heavy atom. The standard InChI is InChI=1S/C11H10F2O/c1-6-5-7(6)11(14)10-8(12)3-2-4-9(10)13/h2-4,6-7H,5H2,1H3. The molecule has 2 rings (SSSR count). The molecule has 14 heavy (non-hydrogen) atoms. The van der Waals surface area contributed by atoms with Gasteiger partial charge in [0.25, 0.3) is 0 Å². The molecular formula is C11H10F2O. The van der Waals surface area contributed by atoms with Crippen LogP contribution in [-0.4, -0.2) is 5.78 Å². The number of hydrogen-bond acceptors (Lipinski definition) is 1. The normalized spacial score (nSPS) is 24.8. The van der Waals surface area contributed by atoms with Gasteiger partial charge in [0, 0.05) is 5.92 Å². The van der Waals surface area contributed by atoms with Crippen LogP contribution >= 0.6 is 0 Å². The van der Waals surface area contributed by atoms with Gasteiger partial charge in [-0.1, -0.05) is 13.0 Å². The first kappa shape index (κ1) is 9.31. The van der Waals surface area contributed by atoms with E-state index >= 15 is 0 Å². The van der Waals surface area contributed by atoms with E-state index in [1.54, 1.807) is 0 Å². The van der Waals surface area contributed by atoms with Crippen LogP contribution in [-0.2, 0) is 0 Å². The van der Waals surface area contributed by atoms with Crippen LogP contribution in [0.3, 0.4) is 0 Å².